The van der Waals surface area contributed by atoms with E-state index in [4.69, 9.17) is 0 Å². The lowest BCUT2D eigenvalue weighted by atomic mass is 10.0. The molecule has 1 fully saturated rings. The summed E-state index contributed by atoms with van der Waals surface area (Å²) in [5, 5.41) is 2.59. The van der Waals surface area contributed by atoms with Gasteiger partial charge in [0.25, 0.3) is 5.91 Å². The summed E-state index contributed by atoms with van der Waals surface area (Å²) in [6.45, 7) is 0.788. The molecule has 0 atom stereocenters. The molecule has 1 aliphatic rings. The molecule has 28 heavy (non-hydrogen) atoms. The van der Waals surface area contributed by atoms with Crippen molar-refractivity contribution in [2.75, 3.05) is 13.1 Å². The van der Waals surface area contributed by atoms with Crippen LogP contribution >= 0.6 is 0 Å². The van der Waals surface area contributed by atoms with E-state index < -0.39 is 28.9 Å². The van der Waals surface area contributed by atoms with Gasteiger partial charge in [-0.25, -0.2) is 17.6 Å². The highest BCUT2D eigenvalue weighted by molar-refractivity contribution is 5.94. The third kappa shape index (κ3) is 4.49. The SMILES string of the molecule is O=C(NC1CCN(C(=O)Cc2ccc(F)cc2)CC1)c1ccc(F)c(F)c1F. The molecular formula is C20H18F4N2O2. The van der Waals surface area contributed by atoms with E-state index >= 15 is 0 Å². The lowest BCUT2D eigenvalue weighted by Crippen LogP contribution is -2.47. The molecule has 148 valence electrons. The quantitative estimate of drug-likeness (QED) is 0.640. The summed E-state index contributed by atoms with van der Waals surface area (Å²) in [6.07, 6.45) is 1.05. The van der Waals surface area contributed by atoms with Gasteiger partial charge >= 0.3 is 0 Å². The maximum atomic E-state index is 13.7. The maximum absolute atomic E-state index is 13.7. The minimum absolute atomic E-state index is 0.108. The Labute approximate surface area is 159 Å². The molecule has 0 radical (unpaired) electrons. The lowest BCUT2D eigenvalue weighted by Gasteiger charge is -2.32. The van der Waals surface area contributed by atoms with Crippen LogP contribution in [-0.2, 0) is 11.2 Å². The maximum Gasteiger partial charge on any atom is 0.254 e. The molecule has 2 aromatic carbocycles. The molecule has 1 heterocycles. The van der Waals surface area contributed by atoms with E-state index in [1.165, 1.54) is 12.1 Å². The second-order valence-electron chi connectivity index (χ2n) is 6.65. The molecule has 0 bridgehead atoms. The van der Waals surface area contributed by atoms with Gasteiger partial charge in [-0.1, -0.05) is 12.1 Å². The molecule has 3 rings (SSSR count). The molecule has 1 saturated heterocycles. The monoisotopic (exact) mass is 394 g/mol. The van der Waals surface area contributed by atoms with Crippen LogP contribution in [0.3, 0.4) is 0 Å². The van der Waals surface area contributed by atoms with Crippen LogP contribution < -0.4 is 5.32 Å². The van der Waals surface area contributed by atoms with Gasteiger partial charge in [-0.2, -0.15) is 0 Å². The second kappa shape index (κ2) is 8.41. The topological polar surface area (TPSA) is 49.4 Å². The number of amides is 2. The average Bonchev–Trinajstić information content (AvgIpc) is 2.68. The second-order valence-corrected chi connectivity index (χ2v) is 6.65. The number of piperidine rings is 1. The molecule has 0 aliphatic carbocycles. The van der Waals surface area contributed by atoms with Crippen molar-refractivity contribution in [1.29, 1.82) is 0 Å². The van der Waals surface area contributed by atoms with Crippen molar-refractivity contribution in [2.45, 2.75) is 25.3 Å². The standard InChI is InChI=1S/C20H18F4N2O2/c21-13-3-1-12(2-4-13)11-17(27)26-9-7-14(8-10-26)25-20(28)15-5-6-16(22)19(24)18(15)23/h1-6,14H,7-11H2,(H,25,28). The third-order valence-corrected chi connectivity index (χ3v) is 4.73. The highest BCUT2D eigenvalue weighted by Crippen LogP contribution is 2.17. The fourth-order valence-electron chi connectivity index (χ4n) is 3.13. The number of nitrogens with zero attached hydrogens (tertiary/aromatic N) is 1. The van der Waals surface area contributed by atoms with E-state index in [-0.39, 0.29) is 24.2 Å². The molecule has 2 amide bonds. The van der Waals surface area contributed by atoms with Crippen LogP contribution in [0, 0.1) is 23.3 Å². The number of carbonyl (C=O) groups is 2. The summed E-state index contributed by atoms with van der Waals surface area (Å²) in [6, 6.07) is 6.97. The van der Waals surface area contributed by atoms with Crippen molar-refractivity contribution in [1.82, 2.24) is 10.2 Å². The smallest absolute Gasteiger partial charge is 0.254 e. The van der Waals surface area contributed by atoms with Crippen molar-refractivity contribution in [3.8, 4) is 0 Å². The summed E-state index contributed by atoms with van der Waals surface area (Å²) in [7, 11) is 0. The molecule has 0 unspecified atom stereocenters. The van der Waals surface area contributed by atoms with E-state index in [2.05, 4.69) is 5.32 Å². The van der Waals surface area contributed by atoms with Crippen molar-refractivity contribution in [3.05, 3.63) is 70.8 Å². The largest absolute Gasteiger partial charge is 0.349 e. The van der Waals surface area contributed by atoms with Crippen molar-refractivity contribution in [3.63, 3.8) is 0 Å². The first-order valence-electron chi connectivity index (χ1n) is 8.81. The zero-order valence-electron chi connectivity index (χ0n) is 14.9. The Hall–Kier alpha value is -2.90. The highest BCUT2D eigenvalue weighted by Gasteiger charge is 2.26. The van der Waals surface area contributed by atoms with Crippen LogP contribution in [0.4, 0.5) is 17.6 Å². The van der Waals surface area contributed by atoms with E-state index in [0.717, 1.165) is 6.07 Å². The fraction of sp³-hybridized carbons (Fsp3) is 0.300. The van der Waals surface area contributed by atoms with Crippen LogP contribution in [0.1, 0.15) is 28.8 Å². The summed E-state index contributed by atoms with van der Waals surface area (Å²) in [5.41, 5.74) is 0.143. The van der Waals surface area contributed by atoms with Crippen LogP contribution in [0.25, 0.3) is 0 Å². The molecule has 0 aromatic heterocycles. The summed E-state index contributed by atoms with van der Waals surface area (Å²) in [5.74, 6) is -5.87. The Bertz CT molecular complexity index is 879. The zero-order valence-corrected chi connectivity index (χ0v) is 14.9. The molecule has 2 aromatic rings. The van der Waals surface area contributed by atoms with Gasteiger partial charge in [-0.3, -0.25) is 9.59 Å². The first-order valence-corrected chi connectivity index (χ1v) is 8.81. The average molecular weight is 394 g/mol. The van der Waals surface area contributed by atoms with Gasteiger partial charge in [0.15, 0.2) is 17.5 Å². The normalized spacial score (nSPS) is 14.8. The van der Waals surface area contributed by atoms with Crippen LogP contribution in [0.5, 0.6) is 0 Å². The Morgan fingerprint density at radius 2 is 1.57 bits per heavy atom. The number of likely N-dealkylation sites (tertiary alicyclic amines) is 1. The molecule has 1 aliphatic heterocycles. The fourth-order valence-corrected chi connectivity index (χ4v) is 3.13. The van der Waals surface area contributed by atoms with Gasteiger partial charge < -0.3 is 10.2 Å². The molecule has 1 N–H and O–H groups in total. The number of benzene rings is 2. The number of hydrogen-bond acceptors (Lipinski definition) is 2. The molecule has 8 heteroatoms. The lowest BCUT2D eigenvalue weighted by molar-refractivity contribution is -0.131. The Morgan fingerprint density at radius 3 is 2.21 bits per heavy atom. The molecule has 4 nitrogen and oxygen atoms in total. The summed E-state index contributed by atoms with van der Waals surface area (Å²) < 4.78 is 52.9. The Balaban J connectivity index is 1.52. The predicted octanol–water partition coefficient (Wildman–Crippen LogP) is 3.21. The van der Waals surface area contributed by atoms with Gasteiger partial charge in [0, 0.05) is 19.1 Å². The molecular weight excluding hydrogens is 376 g/mol. The highest BCUT2D eigenvalue weighted by atomic mass is 19.2. The first-order chi connectivity index (χ1) is 13.3. The van der Waals surface area contributed by atoms with Crippen molar-refractivity contribution >= 4 is 11.8 Å². The van der Waals surface area contributed by atoms with Crippen LogP contribution in [0.2, 0.25) is 0 Å². The Kier molecular flexibility index (Phi) is 5.96. The van der Waals surface area contributed by atoms with Gasteiger partial charge in [0.05, 0.1) is 12.0 Å². The zero-order chi connectivity index (χ0) is 20.3. The van der Waals surface area contributed by atoms with Crippen molar-refractivity contribution < 1.29 is 27.2 Å². The summed E-state index contributed by atoms with van der Waals surface area (Å²) >= 11 is 0. The van der Waals surface area contributed by atoms with E-state index in [1.807, 2.05) is 0 Å². The van der Waals surface area contributed by atoms with E-state index in [0.29, 0.717) is 37.6 Å². The number of carbonyl (C=O) groups excluding carboxylic acids is 2. The third-order valence-electron chi connectivity index (χ3n) is 4.73. The minimum Gasteiger partial charge on any atom is -0.349 e. The number of halogens is 4. The van der Waals surface area contributed by atoms with Gasteiger partial charge in [-0.05, 0) is 42.7 Å². The number of nitrogens with one attached hydrogen (secondary N) is 1. The van der Waals surface area contributed by atoms with Gasteiger partial charge in [0.1, 0.15) is 5.82 Å². The number of hydrogen-bond donors (Lipinski definition) is 1. The van der Waals surface area contributed by atoms with Crippen LogP contribution in [0.15, 0.2) is 36.4 Å². The van der Waals surface area contributed by atoms with E-state index in [9.17, 15) is 27.2 Å². The molecule has 0 spiro atoms. The summed E-state index contributed by atoms with van der Waals surface area (Å²) in [4.78, 5) is 26.1. The van der Waals surface area contributed by atoms with Crippen LogP contribution in [-0.4, -0.2) is 35.8 Å². The van der Waals surface area contributed by atoms with Gasteiger partial charge in [-0.15, -0.1) is 0 Å². The van der Waals surface area contributed by atoms with Crippen molar-refractivity contribution in [2.24, 2.45) is 0 Å². The Morgan fingerprint density at radius 1 is 0.929 bits per heavy atom. The first kappa shape index (κ1) is 19.9. The predicted molar refractivity (Wildman–Crippen MR) is 93.5 cm³/mol. The number of rotatable bonds is 4. The van der Waals surface area contributed by atoms with E-state index in [1.54, 1.807) is 17.0 Å². The molecule has 0 saturated carbocycles. The van der Waals surface area contributed by atoms with Gasteiger partial charge in [0.2, 0.25) is 5.91 Å². The minimum atomic E-state index is -1.69.